The van der Waals surface area contributed by atoms with Crippen LogP contribution in [0.3, 0.4) is 0 Å². The first-order chi connectivity index (χ1) is 9.11. The molecule has 4 nitrogen and oxygen atoms in total. The van der Waals surface area contributed by atoms with Gasteiger partial charge in [-0.1, -0.05) is 19.3 Å². The van der Waals surface area contributed by atoms with Gasteiger partial charge in [-0.3, -0.25) is 4.79 Å². The monoisotopic (exact) mass is 277 g/mol. The second-order valence-electron chi connectivity index (χ2n) is 5.13. The molecule has 1 N–H and O–H groups in total. The fourth-order valence-electron chi connectivity index (χ4n) is 2.67. The molecule has 1 unspecified atom stereocenters. The zero-order valence-electron chi connectivity index (χ0n) is 11.4. The number of aryl methyl sites for hydroxylation is 2. The Labute approximate surface area is 117 Å². The van der Waals surface area contributed by atoms with Gasteiger partial charge in [-0.2, -0.15) is 5.26 Å². The first-order valence-electron chi connectivity index (χ1n) is 6.76. The number of rotatable bonds is 3. The maximum Gasteiger partial charge on any atom is 0.264 e. The Kier molecular flexibility index (Phi) is 4.54. The first-order valence-corrected chi connectivity index (χ1v) is 7.58. The highest BCUT2D eigenvalue weighted by Crippen LogP contribution is 2.27. The average molecular weight is 277 g/mol. The van der Waals surface area contributed by atoms with E-state index in [4.69, 9.17) is 0 Å². The third-order valence-corrected chi connectivity index (χ3v) is 4.73. The normalized spacial score (nSPS) is 17.7. The second-order valence-corrected chi connectivity index (χ2v) is 6.33. The van der Waals surface area contributed by atoms with Crippen molar-refractivity contribution >= 4 is 17.2 Å². The summed E-state index contributed by atoms with van der Waals surface area (Å²) >= 11 is 1.39. The van der Waals surface area contributed by atoms with E-state index in [0.717, 1.165) is 36.4 Å². The standard InChI is InChI=1S/C14H19N3OS/c1-9-13(19-10(2)16-9)14(18)17-12(8-15)11-6-4-3-5-7-11/h11-12H,3-7H2,1-2H3,(H,17,18). The molecule has 1 fully saturated rings. The smallest absolute Gasteiger partial charge is 0.264 e. The molecule has 1 atom stereocenters. The highest BCUT2D eigenvalue weighted by Gasteiger charge is 2.26. The van der Waals surface area contributed by atoms with Gasteiger partial charge in [0, 0.05) is 0 Å². The van der Waals surface area contributed by atoms with Crippen LogP contribution in [0.15, 0.2) is 0 Å². The number of amides is 1. The van der Waals surface area contributed by atoms with Gasteiger partial charge >= 0.3 is 0 Å². The minimum Gasteiger partial charge on any atom is -0.335 e. The number of nitrogens with zero attached hydrogens (tertiary/aromatic N) is 2. The van der Waals surface area contributed by atoms with E-state index < -0.39 is 0 Å². The number of thiazole rings is 1. The molecule has 2 rings (SSSR count). The molecule has 0 radical (unpaired) electrons. The number of hydrogen-bond donors (Lipinski definition) is 1. The van der Waals surface area contributed by atoms with Crippen molar-refractivity contribution in [2.45, 2.75) is 52.0 Å². The number of carbonyl (C=O) groups excluding carboxylic acids is 1. The number of nitrogens with one attached hydrogen (secondary N) is 1. The third-order valence-electron chi connectivity index (χ3n) is 3.66. The molecular weight excluding hydrogens is 258 g/mol. The lowest BCUT2D eigenvalue weighted by molar-refractivity contribution is 0.0932. The van der Waals surface area contributed by atoms with Crippen LogP contribution in [0.1, 0.15) is 52.5 Å². The summed E-state index contributed by atoms with van der Waals surface area (Å²) in [6, 6.07) is 1.88. The van der Waals surface area contributed by atoms with Gasteiger partial charge in [0.15, 0.2) is 0 Å². The average Bonchev–Trinajstić information content (AvgIpc) is 2.76. The minimum absolute atomic E-state index is 0.153. The second kappa shape index (κ2) is 6.16. The zero-order chi connectivity index (χ0) is 13.8. The molecule has 1 aliphatic rings. The summed E-state index contributed by atoms with van der Waals surface area (Å²) < 4.78 is 0. The molecule has 0 aromatic carbocycles. The van der Waals surface area contributed by atoms with Gasteiger partial charge in [-0.05, 0) is 32.6 Å². The van der Waals surface area contributed by atoms with Crippen molar-refractivity contribution in [1.82, 2.24) is 10.3 Å². The van der Waals surface area contributed by atoms with Crippen molar-refractivity contribution in [2.24, 2.45) is 5.92 Å². The molecule has 1 aromatic heterocycles. The highest BCUT2D eigenvalue weighted by atomic mass is 32.1. The summed E-state index contributed by atoms with van der Waals surface area (Å²) in [4.78, 5) is 17.1. The van der Waals surface area contributed by atoms with Gasteiger partial charge in [-0.15, -0.1) is 11.3 Å². The molecule has 5 heteroatoms. The van der Waals surface area contributed by atoms with Gasteiger partial charge in [0.2, 0.25) is 0 Å². The molecule has 1 amide bonds. The van der Waals surface area contributed by atoms with Crippen LogP contribution < -0.4 is 5.32 Å². The Morgan fingerprint density at radius 3 is 2.63 bits per heavy atom. The molecule has 0 bridgehead atoms. The first kappa shape index (κ1) is 14.0. The third kappa shape index (κ3) is 3.32. The number of carbonyl (C=O) groups is 1. The van der Waals surface area contributed by atoms with Crippen LogP contribution in [0.4, 0.5) is 0 Å². The Morgan fingerprint density at radius 2 is 2.11 bits per heavy atom. The Morgan fingerprint density at radius 1 is 1.42 bits per heavy atom. The topological polar surface area (TPSA) is 65.8 Å². The molecule has 1 saturated carbocycles. The van der Waals surface area contributed by atoms with Crippen LogP contribution in [0.25, 0.3) is 0 Å². The summed E-state index contributed by atoms with van der Waals surface area (Å²) in [6.45, 7) is 3.72. The quantitative estimate of drug-likeness (QED) is 0.923. The molecule has 1 aliphatic carbocycles. The number of aromatic nitrogens is 1. The van der Waals surface area contributed by atoms with E-state index in [-0.39, 0.29) is 11.9 Å². The summed E-state index contributed by atoms with van der Waals surface area (Å²) in [6.07, 6.45) is 5.66. The molecule has 19 heavy (non-hydrogen) atoms. The van der Waals surface area contributed by atoms with Gasteiger partial charge in [0.1, 0.15) is 10.9 Å². The lowest BCUT2D eigenvalue weighted by atomic mass is 9.84. The fourth-order valence-corrected chi connectivity index (χ4v) is 3.49. The largest absolute Gasteiger partial charge is 0.335 e. The molecule has 0 spiro atoms. The van der Waals surface area contributed by atoms with Gasteiger partial charge in [0.25, 0.3) is 5.91 Å². The number of nitriles is 1. The molecule has 102 valence electrons. The predicted octanol–water partition coefficient (Wildman–Crippen LogP) is 2.96. The van der Waals surface area contributed by atoms with E-state index in [1.807, 2.05) is 13.8 Å². The number of hydrogen-bond acceptors (Lipinski definition) is 4. The van der Waals surface area contributed by atoms with Crippen LogP contribution in [0.2, 0.25) is 0 Å². The van der Waals surface area contributed by atoms with Gasteiger partial charge in [-0.25, -0.2) is 4.98 Å². The summed E-state index contributed by atoms with van der Waals surface area (Å²) in [5, 5.41) is 13.0. The van der Waals surface area contributed by atoms with E-state index in [1.54, 1.807) is 0 Å². The lowest BCUT2D eigenvalue weighted by Gasteiger charge is -2.26. The Balaban J connectivity index is 2.04. The molecule has 1 aromatic rings. The van der Waals surface area contributed by atoms with Crippen molar-refractivity contribution < 1.29 is 4.79 Å². The molecule has 1 heterocycles. The highest BCUT2D eigenvalue weighted by molar-refractivity contribution is 7.13. The SMILES string of the molecule is Cc1nc(C)c(C(=O)NC(C#N)C2CCCCC2)s1. The summed E-state index contributed by atoms with van der Waals surface area (Å²) in [5.74, 6) is 0.150. The Hall–Kier alpha value is -1.41. The fraction of sp³-hybridized carbons (Fsp3) is 0.643. The van der Waals surface area contributed by atoms with Gasteiger partial charge in [0.05, 0.1) is 16.8 Å². The zero-order valence-corrected chi connectivity index (χ0v) is 12.2. The van der Waals surface area contributed by atoms with E-state index in [0.29, 0.717) is 10.8 Å². The van der Waals surface area contributed by atoms with Crippen molar-refractivity contribution in [3.05, 3.63) is 15.6 Å². The van der Waals surface area contributed by atoms with E-state index in [1.165, 1.54) is 17.8 Å². The van der Waals surface area contributed by atoms with Crippen molar-refractivity contribution in [1.29, 1.82) is 5.26 Å². The van der Waals surface area contributed by atoms with Crippen LogP contribution in [-0.4, -0.2) is 16.9 Å². The van der Waals surface area contributed by atoms with E-state index >= 15 is 0 Å². The summed E-state index contributed by atoms with van der Waals surface area (Å²) in [7, 11) is 0. The molecule has 0 aliphatic heterocycles. The lowest BCUT2D eigenvalue weighted by Crippen LogP contribution is -2.40. The van der Waals surface area contributed by atoms with Crippen LogP contribution in [-0.2, 0) is 0 Å². The maximum atomic E-state index is 12.2. The predicted molar refractivity (Wildman–Crippen MR) is 75.0 cm³/mol. The summed E-state index contributed by atoms with van der Waals surface area (Å²) in [5.41, 5.74) is 0.750. The van der Waals surface area contributed by atoms with Crippen molar-refractivity contribution in [3.63, 3.8) is 0 Å². The minimum atomic E-state index is -0.366. The van der Waals surface area contributed by atoms with E-state index in [9.17, 15) is 10.1 Å². The van der Waals surface area contributed by atoms with Crippen molar-refractivity contribution in [2.75, 3.05) is 0 Å². The molecular formula is C14H19N3OS. The van der Waals surface area contributed by atoms with Crippen LogP contribution in [0, 0.1) is 31.1 Å². The Bertz CT molecular complexity index is 497. The molecule has 0 saturated heterocycles. The van der Waals surface area contributed by atoms with Crippen molar-refractivity contribution in [3.8, 4) is 6.07 Å². The maximum absolute atomic E-state index is 12.2. The van der Waals surface area contributed by atoms with E-state index in [2.05, 4.69) is 16.4 Å². The van der Waals surface area contributed by atoms with Crippen LogP contribution in [0.5, 0.6) is 0 Å². The van der Waals surface area contributed by atoms with Gasteiger partial charge < -0.3 is 5.32 Å². The van der Waals surface area contributed by atoms with Crippen LogP contribution >= 0.6 is 11.3 Å².